The Morgan fingerprint density at radius 3 is 2.21 bits per heavy atom. The molecule has 19 heavy (non-hydrogen) atoms. The van der Waals surface area contributed by atoms with Crippen LogP contribution in [0.25, 0.3) is 21.2 Å². The smallest absolute Gasteiger partial charge is 0.0352 e. The summed E-state index contributed by atoms with van der Waals surface area (Å²) in [5.41, 5.74) is 2.82. The van der Waals surface area contributed by atoms with Gasteiger partial charge in [0.2, 0.25) is 0 Å². The Hall–Kier alpha value is -1.60. The fourth-order valence-electron chi connectivity index (χ4n) is 2.21. The zero-order valence-electron chi connectivity index (χ0n) is 11.6. The molecule has 0 radical (unpaired) electrons. The van der Waals surface area contributed by atoms with Crippen LogP contribution in [0.4, 0.5) is 0 Å². The van der Waals surface area contributed by atoms with Gasteiger partial charge >= 0.3 is 0 Å². The summed E-state index contributed by atoms with van der Waals surface area (Å²) in [6.45, 7) is 6.82. The normalized spacial score (nSPS) is 11.9. The van der Waals surface area contributed by atoms with E-state index in [-0.39, 0.29) is 5.41 Å². The topological polar surface area (TPSA) is 0 Å². The maximum Gasteiger partial charge on any atom is 0.0352 e. The van der Waals surface area contributed by atoms with E-state index in [4.69, 9.17) is 0 Å². The zero-order chi connectivity index (χ0) is 13.5. The van der Waals surface area contributed by atoms with E-state index in [1.165, 1.54) is 26.1 Å². The molecule has 0 aliphatic carbocycles. The van der Waals surface area contributed by atoms with Crippen molar-refractivity contribution in [2.45, 2.75) is 26.2 Å². The number of rotatable bonds is 1. The second-order valence-electron chi connectivity index (χ2n) is 5.98. The highest BCUT2D eigenvalue weighted by Crippen LogP contribution is 2.36. The molecule has 0 atom stereocenters. The highest BCUT2D eigenvalue weighted by atomic mass is 32.1. The molecule has 0 N–H and O–H groups in total. The molecule has 3 rings (SSSR count). The first-order chi connectivity index (χ1) is 9.04. The van der Waals surface area contributed by atoms with Crippen molar-refractivity contribution in [2.75, 3.05) is 0 Å². The minimum absolute atomic E-state index is 0.233. The van der Waals surface area contributed by atoms with Gasteiger partial charge in [-0.15, -0.1) is 11.3 Å². The van der Waals surface area contributed by atoms with Crippen LogP contribution >= 0.6 is 11.3 Å². The largest absolute Gasteiger partial charge is 0.140 e. The fraction of sp³-hybridized carbons (Fsp3) is 0.222. The molecule has 96 valence electrons. The second-order valence-corrected chi connectivity index (χ2v) is 7.06. The number of hydrogen-bond donors (Lipinski definition) is 0. The SMILES string of the molecule is CC(C)(C)c1cc2ccc(-c3ccccc3)cc2s1. The molecule has 0 bridgehead atoms. The molecule has 1 heterocycles. The van der Waals surface area contributed by atoms with Crippen molar-refractivity contribution in [2.24, 2.45) is 0 Å². The molecule has 0 fully saturated rings. The Morgan fingerprint density at radius 1 is 0.789 bits per heavy atom. The monoisotopic (exact) mass is 266 g/mol. The molecular weight excluding hydrogens is 248 g/mol. The number of hydrogen-bond acceptors (Lipinski definition) is 1. The quantitative estimate of drug-likeness (QED) is 0.517. The van der Waals surface area contributed by atoms with E-state index >= 15 is 0 Å². The van der Waals surface area contributed by atoms with Crippen molar-refractivity contribution >= 4 is 21.4 Å². The van der Waals surface area contributed by atoms with Crippen LogP contribution < -0.4 is 0 Å². The molecule has 0 saturated carbocycles. The summed E-state index contributed by atoms with van der Waals surface area (Å²) in [5.74, 6) is 0. The molecule has 0 unspecified atom stereocenters. The van der Waals surface area contributed by atoms with Gasteiger partial charge in [-0.2, -0.15) is 0 Å². The van der Waals surface area contributed by atoms with Gasteiger partial charge in [-0.3, -0.25) is 0 Å². The summed E-state index contributed by atoms with van der Waals surface area (Å²) < 4.78 is 1.38. The molecule has 3 aromatic rings. The summed E-state index contributed by atoms with van der Waals surface area (Å²) in [4.78, 5) is 1.45. The molecule has 1 heteroatoms. The highest BCUT2D eigenvalue weighted by molar-refractivity contribution is 7.19. The van der Waals surface area contributed by atoms with E-state index in [0.717, 1.165) is 0 Å². The van der Waals surface area contributed by atoms with Crippen molar-refractivity contribution < 1.29 is 0 Å². The van der Waals surface area contributed by atoms with Gasteiger partial charge in [0.05, 0.1) is 0 Å². The van der Waals surface area contributed by atoms with Crippen LogP contribution in [0.1, 0.15) is 25.6 Å². The summed E-state index contributed by atoms with van der Waals surface area (Å²) in [6.07, 6.45) is 0. The zero-order valence-corrected chi connectivity index (χ0v) is 12.4. The first-order valence-corrected chi connectivity index (χ1v) is 7.45. The molecule has 0 nitrogen and oxygen atoms in total. The number of thiophene rings is 1. The van der Waals surface area contributed by atoms with Crippen molar-refractivity contribution in [3.8, 4) is 11.1 Å². The lowest BCUT2D eigenvalue weighted by molar-refractivity contribution is 0.604. The Balaban J connectivity index is 2.11. The minimum Gasteiger partial charge on any atom is -0.140 e. The van der Waals surface area contributed by atoms with Gasteiger partial charge in [0.25, 0.3) is 0 Å². The molecular formula is C18H18S. The van der Waals surface area contributed by atoms with Crippen LogP contribution in [0.5, 0.6) is 0 Å². The first-order valence-electron chi connectivity index (χ1n) is 6.63. The third kappa shape index (κ3) is 2.43. The van der Waals surface area contributed by atoms with Gasteiger partial charge in [-0.25, -0.2) is 0 Å². The Morgan fingerprint density at radius 2 is 1.53 bits per heavy atom. The Kier molecular flexibility index (Phi) is 2.94. The van der Waals surface area contributed by atoms with E-state index < -0.39 is 0 Å². The second kappa shape index (κ2) is 4.50. The van der Waals surface area contributed by atoms with Gasteiger partial charge in [0.1, 0.15) is 0 Å². The maximum atomic E-state index is 2.33. The molecule has 0 amide bonds. The van der Waals surface area contributed by atoms with Crippen molar-refractivity contribution in [1.82, 2.24) is 0 Å². The van der Waals surface area contributed by atoms with Gasteiger partial charge in [-0.05, 0) is 34.1 Å². The van der Waals surface area contributed by atoms with Crippen LogP contribution in [-0.2, 0) is 5.41 Å². The first kappa shape index (κ1) is 12.4. The predicted molar refractivity (Wildman–Crippen MR) is 86.0 cm³/mol. The van der Waals surface area contributed by atoms with E-state index in [0.29, 0.717) is 0 Å². The van der Waals surface area contributed by atoms with Crippen molar-refractivity contribution in [3.63, 3.8) is 0 Å². The van der Waals surface area contributed by atoms with Crippen molar-refractivity contribution in [1.29, 1.82) is 0 Å². The van der Waals surface area contributed by atoms with Gasteiger partial charge < -0.3 is 0 Å². The molecule has 0 saturated heterocycles. The molecule has 2 aromatic carbocycles. The molecule has 0 spiro atoms. The van der Waals surface area contributed by atoms with E-state index in [2.05, 4.69) is 75.4 Å². The summed E-state index contributed by atoms with van der Waals surface area (Å²) >= 11 is 1.91. The average molecular weight is 266 g/mol. The molecule has 1 aromatic heterocycles. The number of benzene rings is 2. The van der Waals surface area contributed by atoms with Crippen LogP contribution in [-0.4, -0.2) is 0 Å². The maximum absolute atomic E-state index is 2.33. The Labute approximate surface area is 118 Å². The van der Waals surface area contributed by atoms with Crippen LogP contribution in [0, 0.1) is 0 Å². The van der Waals surface area contributed by atoms with Gasteiger partial charge in [0, 0.05) is 9.58 Å². The molecule has 0 aliphatic heterocycles. The van der Waals surface area contributed by atoms with Crippen molar-refractivity contribution in [3.05, 3.63) is 59.5 Å². The van der Waals surface area contributed by atoms with Crippen LogP contribution in [0.2, 0.25) is 0 Å². The third-order valence-corrected chi connectivity index (χ3v) is 4.89. The summed E-state index contributed by atoms with van der Waals surface area (Å²) in [7, 11) is 0. The van der Waals surface area contributed by atoms with E-state index in [1.807, 2.05) is 11.3 Å². The van der Waals surface area contributed by atoms with E-state index in [1.54, 1.807) is 0 Å². The molecule has 0 aliphatic rings. The standard InChI is InChI=1S/C18H18S/c1-18(2,3)17-12-15-10-9-14(11-16(15)19-17)13-7-5-4-6-8-13/h4-12H,1-3H3. The fourth-order valence-corrected chi connectivity index (χ4v) is 3.37. The van der Waals surface area contributed by atoms with Gasteiger partial charge in [0.15, 0.2) is 0 Å². The lowest BCUT2D eigenvalue weighted by Crippen LogP contribution is -2.07. The van der Waals surface area contributed by atoms with Gasteiger partial charge in [-0.1, -0.05) is 63.2 Å². The Bertz CT molecular complexity index is 699. The minimum atomic E-state index is 0.233. The number of fused-ring (bicyclic) bond motifs is 1. The average Bonchev–Trinajstić information content (AvgIpc) is 2.82. The summed E-state index contributed by atoms with van der Waals surface area (Å²) in [6, 6.07) is 19.7. The highest BCUT2D eigenvalue weighted by Gasteiger charge is 2.16. The third-order valence-electron chi connectivity index (χ3n) is 3.37. The van der Waals surface area contributed by atoms with Crippen LogP contribution in [0.3, 0.4) is 0 Å². The van der Waals surface area contributed by atoms with Crippen LogP contribution in [0.15, 0.2) is 54.6 Å². The van der Waals surface area contributed by atoms with E-state index in [9.17, 15) is 0 Å². The lowest BCUT2D eigenvalue weighted by atomic mass is 9.94. The predicted octanol–water partition coefficient (Wildman–Crippen LogP) is 5.87. The summed E-state index contributed by atoms with van der Waals surface area (Å²) in [5, 5.41) is 1.36. The lowest BCUT2D eigenvalue weighted by Gasteiger charge is -2.14.